The number of hydrogen-bond donors (Lipinski definition) is 0. The number of hydrogen-bond acceptors (Lipinski definition) is 6. The number of anilines is 6. The van der Waals surface area contributed by atoms with E-state index in [1.165, 1.54) is 184 Å². The maximum atomic E-state index is 6.29. The van der Waals surface area contributed by atoms with E-state index >= 15 is 0 Å². The van der Waals surface area contributed by atoms with E-state index in [4.69, 9.17) is 14.4 Å². The molecule has 10 aliphatic rings. The van der Waals surface area contributed by atoms with Gasteiger partial charge in [0.2, 0.25) is 0 Å². The minimum atomic E-state index is 0.178. The first-order valence-electron chi connectivity index (χ1n) is 49.4. The van der Waals surface area contributed by atoms with E-state index in [0.717, 1.165) is 136 Å². The molecule has 136 heavy (non-hydrogen) atoms. The molecule has 0 saturated heterocycles. The highest BCUT2D eigenvalue weighted by molar-refractivity contribution is 7.26. The summed E-state index contributed by atoms with van der Waals surface area (Å²) in [6.45, 7) is 0. The molecule has 4 aromatic heterocycles. The molecule has 8 saturated carbocycles. The summed E-state index contributed by atoms with van der Waals surface area (Å²) in [6.07, 6.45) is 18.0. The summed E-state index contributed by atoms with van der Waals surface area (Å²) in [4.78, 5) is 14.6. The minimum Gasteiger partial charge on any atom is -0.456 e. The lowest BCUT2D eigenvalue weighted by atomic mass is 9.43. The van der Waals surface area contributed by atoms with Gasteiger partial charge in [0.25, 0.3) is 0 Å². The third-order valence-corrected chi connectivity index (χ3v) is 35.0. The number of thiophene rings is 1. The molecular formula is C130H96N4OS. The van der Waals surface area contributed by atoms with Crippen LogP contribution in [0.15, 0.2) is 417 Å². The van der Waals surface area contributed by atoms with Crippen molar-refractivity contribution in [2.75, 3.05) is 9.80 Å². The van der Waals surface area contributed by atoms with Crippen LogP contribution in [0.4, 0.5) is 34.1 Å². The normalized spacial score (nSPS) is 21.0. The SMILES string of the molecule is c1ccc(-c2ccc3c(c2)-c2ccccc2C32C3CC4CC(C3)CC2C4)c(-c2ccc(N(c3ccc(-c4ccc5c(c4)oc4ccccc45)cc3)c3ccc4cc5ccccc5cc4c3)cc2)c1.c1ccc(-c2ccc3c(c2)-c2ccccc2C32C3CC4CC(C3)CC2C4)c(-c2ccc(N(c3ccc(-c4cccc5c4sc4ccccc45)cc3)c3cnc4c(ccc5cccnc54)c3)cc2)c1. The van der Waals surface area contributed by atoms with Crippen molar-refractivity contribution in [2.24, 2.45) is 47.3 Å². The molecule has 6 heteroatoms. The molecule has 18 aromatic carbocycles. The third kappa shape index (κ3) is 12.1. The van der Waals surface area contributed by atoms with Gasteiger partial charge in [-0.1, -0.05) is 279 Å². The smallest absolute Gasteiger partial charge is 0.136 e. The van der Waals surface area contributed by atoms with Gasteiger partial charge in [0, 0.05) is 87.2 Å². The monoisotopic (exact) mass is 1760 g/mol. The standard InChI is InChI=1S/C66H49NO.C64H47N3S/c1-2-10-46-37-50-38-55(28-21-47(50)36-45(46)9-1)67(53-24-17-43(18-25-53)48-22-29-60-59-14-6-8-16-64(59)68-65(60)40-48)54-26-19-44(20-27-54)56-11-3-4-12-57(56)49-23-30-63-61(39-49)58-13-5-7-15-62(58)66(63)51-32-41-31-42(34-51)35-52(66)33-41;1-2-11-52(44-24-29-59-57(37-44)54-12-3-5-16-58(54)64(59)46-32-39-31-40(34-46)35-47(64)33-39)51(10-1)41-20-25-48(26-21-41)67(50-36-45-19-18-43-9-8-30-65-61(43)62(45)66-38-50)49-27-22-42(23-28-49)53-14-7-15-56-55-13-4-6-17-60(55)68-63(53)56/h1-30,36-42,51-52H,31-35H2;1-30,36-40,46-47H,31-35H2. The molecule has 10 aliphatic carbocycles. The Bertz CT molecular complexity index is 8600. The molecule has 0 N–H and O–H groups in total. The Hall–Kier alpha value is -15.1. The fourth-order valence-electron chi connectivity index (χ4n) is 28.5. The zero-order valence-corrected chi connectivity index (χ0v) is 76.4. The van der Waals surface area contributed by atoms with Gasteiger partial charge >= 0.3 is 0 Å². The number of nitrogens with zero attached hydrogens (tertiary/aromatic N) is 4. The van der Waals surface area contributed by atoms with Gasteiger partial charge in [-0.2, -0.15) is 0 Å². The van der Waals surface area contributed by atoms with Crippen LogP contribution in [0.2, 0.25) is 0 Å². The molecule has 32 rings (SSSR count). The van der Waals surface area contributed by atoms with E-state index in [2.05, 4.69) is 392 Å². The Morgan fingerprint density at radius 2 is 0.632 bits per heavy atom. The van der Waals surface area contributed by atoms with Crippen LogP contribution >= 0.6 is 11.3 Å². The van der Waals surface area contributed by atoms with Gasteiger partial charge in [-0.05, 0) is 366 Å². The molecular weight excluding hydrogens is 1670 g/mol. The first-order valence-corrected chi connectivity index (χ1v) is 50.2. The molecule has 5 nitrogen and oxygen atoms in total. The zero-order valence-electron chi connectivity index (χ0n) is 75.6. The van der Waals surface area contributed by atoms with E-state index in [9.17, 15) is 0 Å². The Labute approximate surface area is 795 Å². The van der Waals surface area contributed by atoms with Gasteiger partial charge in [0.15, 0.2) is 0 Å². The molecule has 0 amide bonds. The lowest BCUT2D eigenvalue weighted by Crippen LogP contribution is -2.55. The second-order valence-corrected chi connectivity index (χ2v) is 41.7. The lowest BCUT2D eigenvalue weighted by Gasteiger charge is -2.61. The van der Waals surface area contributed by atoms with Crippen LogP contribution in [0.5, 0.6) is 0 Å². The molecule has 0 radical (unpaired) electrons. The van der Waals surface area contributed by atoms with Crippen molar-refractivity contribution in [1.29, 1.82) is 0 Å². The van der Waals surface area contributed by atoms with E-state index in [0.29, 0.717) is 0 Å². The number of benzene rings is 18. The fourth-order valence-corrected chi connectivity index (χ4v) is 29.7. The third-order valence-electron chi connectivity index (χ3n) is 33.7. The van der Waals surface area contributed by atoms with Gasteiger partial charge in [-0.3, -0.25) is 9.97 Å². The quantitative estimate of drug-likeness (QED) is 0.0901. The van der Waals surface area contributed by atoms with E-state index in [1.54, 1.807) is 22.3 Å². The Morgan fingerprint density at radius 1 is 0.235 bits per heavy atom. The number of pyridine rings is 2. The maximum Gasteiger partial charge on any atom is 0.136 e. The highest BCUT2D eigenvalue weighted by atomic mass is 32.1. The summed E-state index contributed by atoms with van der Waals surface area (Å²) in [5.41, 5.74) is 37.6. The predicted molar refractivity (Wildman–Crippen MR) is 567 cm³/mol. The number of furan rings is 1. The second-order valence-electron chi connectivity index (χ2n) is 40.6. The van der Waals surface area contributed by atoms with Crippen molar-refractivity contribution in [3.8, 4) is 89.0 Å². The molecule has 22 aromatic rings. The summed E-state index contributed by atoms with van der Waals surface area (Å²) >= 11 is 1.88. The zero-order chi connectivity index (χ0) is 89.0. The van der Waals surface area contributed by atoms with Crippen LogP contribution in [-0.2, 0) is 10.8 Å². The molecule has 8 bridgehead atoms. The number of aromatic nitrogens is 2. The van der Waals surface area contributed by atoms with Crippen molar-refractivity contribution >= 4 is 131 Å². The summed E-state index contributed by atoms with van der Waals surface area (Å²) in [7, 11) is 0. The van der Waals surface area contributed by atoms with Crippen LogP contribution in [-0.4, -0.2) is 9.97 Å². The molecule has 648 valence electrons. The first kappa shape index (κ1) is 78.4. The van der Waals surface area contributed by atoms with Crippen molar-refractivity contribution in [3.05, 3.63) is 435 Å². The van der Waals surface area contributed by atoms with Gasteiger partial charge in [0.05, 0.1) is 22.9 Å². The van der Waals surface area contributed by atoms with E-state index in [-0.39, 0.29) is 10.8 Å². The van der Waals surface area contributed by atoms with Crippen LogP contribution in [0.1, 0.15) is 86.5 Å². The van der Waals surface area contributed by atoms with Gasteiger partial charge in [-0.15, -0.1) is 11.3 Å². The highest BCUT2D eigenvalue weighted by Gasteiger charge is 2.63. The minimum absolute atomic E-state index is 0.178. The first-order chi connectivity index (χ1) is 67.3. The van der Waals surface area contributed by atoms with Crippen molar-refractivity contribution in [3.63, 3.8) is 0 Å². The van der Waals surface area contributed by atoms with E-state index in [1.807, 2.05) is 41.9 Å². The Morgan fingerprint density at radius 3 is 1.21 bits per heavy atom. The Kier molecular flexibility index (Phi) is 17.7. The summed E-state index contributed by atoms with van der Waals surface area (Å²) in [5.74, 6) is 6.81. The summed E-state index contributed by atoms with van der Waals surface area (Å²) < 4.78 is 8.93. The predicted octanol–water partition coefficient (Wildman–Crippen LogP) is 35.4. The van der Waals surface area contributed by atoms with E-state index < -0.39 is 0 Å². The van der Waals surface area contributed by atoms with Crippen molar-refractivity contribution in [2.45, 2.75) is 75.0 Å². The lowest BCUT2D eigenvalue weighted by molar-refractivity contribution is -0.0399. The number of rotatable bonds is 12. The second kappa shape index (κ2) is 30.7. The van der Waals surface area contributed by atoms with Crippen molar-refractivity contribution in [1.82, 2.24) is 9.97 Å². The largest absolute Gasteiger partial charge is 0.456 e. The average molecular weight is 1760 g/mol. The van der Waals surface area contributed by atoms with Crippen LogP contribution in [0, 0.1) is 47.3 Å². The molecule has 0 unspecified atom stereocenters. The van der Waals surface area contributed by atoms with Crippen LogP contribution < -0.4 is 9.80 Å². The van der Waals surface area contributed by atoms with Gasteiger partial charge in [0.1, 0.15) is 11.2 Å². The Balaban J connectivity index is 0.000000132. The molecule has 4 heterocycles. The molecule has 2 spiro atoms. The highest BCUT2D eigenvalue weighted by Crippen LogP contribution is 2.72. The number of para-hydroxylation sites is 1. The summed E-state index contributed by atoms with van der Waals surface area (Å²) in [5, 5.41) is 12.0. The molecule has 0 aliphatic heterocycles. The van der Waals surface area contributed by atoms with Crippen LogP contribution in [0.3, 0.4) is 0 Å². The van der Waals surface area contributed by atoms with Gasteiger partial charge in [-0.25, -0.2) is 0 Å². The molecule has 8 fully saturated rings. The van der Waals surface area contributed by atoms with Crippen molar-refractivity contribution < 1.29 is 4.42 Å². The number of fused-ring (bicyclic) bond motifs is 17. The summed E-state index contributed by atoms with van der Waals surface area (Å²) in [6, 6.07) is 150. The topological polar surface area (TPSA) is 45.4 Å². The van der Waals surface area contributed by atoms with Crippen LogP contribution in [0.25, 0.3) is 174 Å². The average Bonchev–Trinajstić information content (AvgIpc) is 1.51. The molecule has 0 atom stereocenters. The maximum absolute atomic E-state index is 6.29. The fraction of sp³-hybridized carbons (Fsp3) is 0.154. The van der Waals surface area contributed by atoms with Gasteiger partial charge < -0.3 is 14.2 Å².